The standard InChI is InChI=1S/C14H23NO3/c1-9(8-16)10(2)15-11(3)13-7-12(18-4)5-6-14(13)17/h5-7,9-11,15-17H,8H2,1-4H3. The van der Waals surface area contributed by atoms with Crippen molar-refractivity contribution in [3.8, 4) is 11.5 Å². The highest BCUT2D eigenvalue weighted by Gasteiger charge is 2.17. The van der Waals surface area contributed by atoms with Crippen molar-refractivity contribution < 1.29 is 14.9 Å². The molecule has 0 saturated heterocycles. The molecule has 1 rings (SSSR count). The third kappa shape index (κ3) is 3.62. The molecule has 0 aliphatic rings. The van der Waals surface area contributed by atoms with Gasteiger partial charge in [-0.1, -0.05) is 6.92 Å². The number of hydrogen-bond acceptors (Lipinski definition) is 4. The summed E-state index contributed by atoms with van der Waals surface area (Å²) in [5.74, 6) is 1.14. The summed E-state index contributed by atoms with van der Waals surface area (Å²) in [5.41, 5.74) is 0.798. The van der Waals surface area contributed by atoms with E-state index in [-0.39, 0.29) is 30.4 Å². The number of benzene rings is 1. The van der Waals surface area contributed by atoms with E-state index in [2.05, 4.69) is 5.32 Å². The van der Waals surface area contributed by atoms with Crippen molar-refractivity contribution >= 4 is 0 Å². The van der Waals surface area contributed by atoms with Crippen molar-refractivity contribution in [2.45, 2.75) is 32.9 Å². The molecule has 0 aliphatic carbocycles. The van der Waals surface area contributed by atoms with Crippen molar-refractivity contribution in [2.75, 3.05) is 13.7 Å². The highest BCUT2D eigenvalue weighted by Crippen LogP contribution is 2.28. The monoisotopic (exact) mass is 253 g/mol. The first kappa shape index (κ1) is 14.8. The third-order valence-corrected chi connectivity index (χ3v) is 3.36. The molecule has 0 spiro atoms. The summed E-state index contributed by atoms with van der Waals surface area (Å²) in [6.07, 6.45) is 0. The molecule has 0 saturated carbocycles. The molecule has 3 N–H and O–H groups in total. The molecule has 3 atom stereocenters. The number of hydrogen-bond donors (Lipinski definition) is 3. The molecule has 0 bridgehead atoms. The Labute approximate surface area is 109 Å². The molecule has 0 aliphatic heterocycles. The fourth-order valence-electron chi connectivity index (χ4n) is 1.81. The lowest BCUT2D eigenvalue weighted by Crippen LogP contribution is -2.35. The molecule has 0 heterocycles. The van der Waals surface area contributed by atoms with Crippen LogP contribution in [-0.4, -0.2) is 30.0 Å². The predicted octanol–water partition coefficient (Wildman–Crippen LogP) is 2.07. The van der Waals surface area contributed by atoms with Gasteiger partial charge in [0.15, 0.2) is 0 Å². The van der Waals surface area contributed by atoms with Crippen molar-refractivity contribution in [3.05, 3.63) is 23.8 Å². The average molecular weight is 253 g/mol. The van der Waals surface area contributed by atoms with Crippen LogP contribution in [0.2, 0.25) is 0 Å². The van der Waals surface area contributed by atoms with Crippen molar-refractivity contribution in [3.63, 3.8) is 0 Å². The lowest BCUT2D eigenvalue weighted by atomic mass is 10.0. The van der Waals surface area contributed by atoms with Crippen LogP contribution < -0.4 is 10.1 Å². The Morgan fingerprint density at radius 3 is 2.50 bits per heavy atom. The van der Waals surface area contributed by atoms with Gasteiger partial charge in [-0.25, -0.2) is 0 Å². The van der Waals surface area contributed by atoms with Crippen molar-refractivity contribution in [1.29, 1.82) is 0 Å². The number of nitrogens with one attached hydrogen (secondary N) is 1. The quantitative estimate of drug-likeness (QED) is 0.726. The SMILES string of the molecule is COc1ccc(O)c(C(C)NC(C)C(C)CO)c1. The van der Waals surface area contributed by atoms with Crippen LogP contribution >= 0.6 is 0 Å². The Morgan fingerprint density at radius 2 is 1.94 bits per heavy atom. The molecule has 18 heavy (non-hydrogen) atoms. The minimum atomic E-state index is -0.0101. The fraction of sp³-hybridized carbons (Fsp3) is 0.571. The molecule has 0 aromatic heterocycles. The van der Waals surface area contributed by atoms with Crippen LogP contribution in [0.3, 0.4) is 0 Å². The normalized spacial score (nSPS) is 16.1. The van der Waals surface area contributed by atoms with E-state index < -0.39 is 0 Å². The summed E-state index contributed by atoms with van der Waals surface area (Å²) in [7, 11) is 1.60. The second-order valence-corrected chi connectivity index (χ2v) is 4.76. The van der Waals surface area contributed by atoms with Gasteiger partial charge in [0.1, 0.15) is 11.5 Å². The lowest BCUT2D eigenvalue weighted by molar-refractivity contribution is 0.202. The predicted molar refractivity (Wildman–Crippen MR) is 71.9 cm³/mol. The van der Waals surface area contributed by atoms with Gasteiger partial charge in [-0.3, -0.25) is 0 Å². The van der Waals surface area contributed by atoms with Gasteiger partial charge in [0.25, 0.3) is 0 Å². The highest BCUT2D eigenvalue weighted by atomic mass is 16.5. The molecular formula is C14H23NO3. The van der Waals surface area contributed by atoms with E-state index >= 15 is 0 Å². The number of ether oxygens (including phenoxy) is 1. The van der Waals surface area contributed by atoms with Crippen molar-refractivity contribution in [1.82, 2.24) is 5.32 Å². The highest BCUT2D eigenvalue weighted by molar-refractivity contribution is 5.41. The van der Waals surface area contributed by atoms with E-state index in [1.54, 1.807) is 19.2 Å². The van der Waals surface area contributed by atoms with Gasteiger partial charge >= 0.3 is 0 Å². The number of phenols is 1. The minimum absolute atomic E-state index is 0.0101. The molecule has 4 nitrogen and oxygen atoms in total. The van der Waals surface area contributed by atoms with E-state index in [0.29, 0.717) is 0 Å². The van der Waals surface area contributed by atoms with Gasteiger partial charge in [-0.2, -0.15) is 0 Å². The smallest absolute Gasteiger partial charge is 0.120 e. The van der Waals surface area contributed by atoms with Gasteiger partial charge in [0, 0.05) is 24.3 Å². The second-order valence-electron chi connectivity index (χ2n) is 4.76. The van der Waals surface area contributed by atoms with E-state index in [1.807, 2.05) is 26.8 Å². The first-order valence-electron chi connectivity index (χ1n) is 6.23. The Bertz CT molecular complexity index is 381. The van der Waals surface area contributed by atoms with E-state index in [1.165, 1.54) is 0 Å². The number of aromatic hydroxyl groups is 1. The molecular weight excluding hydrogens is 230 g/mol. The Hall–Kier alpha value is -1.26. The van der Waals surface area contributed by atoms with E-state index in [9.17, 15) is 5.11 Å². The van der Waals surface area contributed by atoms with Crippen LogP contribution in [0.5, 0.6) is 11.5 Å². The first-order chi connectivity index (χ1) is 8.49. The Morgan fingerprint density at radius 1 is 1.28 bits per heavy atom. The molecule has 3 unspecified atom stereocenters. The van der Waals surface area contributed by atoms with Gasteiger partial charge < -0.3 is 20.3 Å². The maximum Gasteiger partial charge on any atom is 0.120 e. The molecule has 4 heteroatoms. The van der Waals surface area contributed by atoms with Gasteiger partial charge in [-0.05, 0) is 38.0 Å². The molecule has 0 amide bonds. The topological polar surface area (TPSA) is 61.7 Å². The number of aliphatic hydroxyl groups excluding tert-OH is 1. The van der Waals surface area contributed by atoms with Crippen LogP contribution in [0.25, 0.3) is 0 Å². The summed E-state index contributed by atoms with van der Waals surface area (Å²) in [4.78, 5) is 0. The molecule has 102 valence electrons. The first-order valence-corrected chi connectivity index (χ1v) is 6.23. The van der Waals surface area contributed by atoms with Crippen LogP contribution in [0, 0.1) is 5.92 Å². The zero-order chi connectivity index (χ0) is 13.7. The van der Waals surface area contributed by atoms with E-state index in [0.717, 1.165) is 11.3 Å². The minimum Gasteiger partial charge on any atom is -0.508 e. The van der Waals surface area contributed by atoms with Crippen LogP contribution in [-0.2, 0) is 0 Å². The Kier molecular flexibility index (Phi) is 5.44. The lowest BCUT2D eigenvalue weighted by Gasteiger charge is -2.25. The van der Waals surface area contributed by atoms with Gasteiger partial charge in [0.05, 0.1) is 7.11 Å². The largest absolute Gasteiger partial charge is 0.508 e. The van der Waals surface area contributed by atoms with Crippen LogP contribution in [0.4, 0.5) is 0 Å². The second kappa shape index (κ2) is 6.61. The molecule has 0 fully saturated rings. The summed E-state index contributed by atoms with van der Waals surface area (Å²) >= 11 is 0. The molecule has 0 radical (unpaired) electrons. The maximum atomic E-state index is 9.86. The number of methoxy groups -OCH3 is 1. The van der Waals surface area contributed by atoms with Crippen LogP contribution in [0.15, 0.2) is 18.2 Å². The van der Waals surface area contributed by atoms with Gasteiger partial charge in [-0.15, -0.1) is 0 Å². The van der Waals surface area contributed by atoms with Gasteiger partial charge in [0.2, 0.25) is 0 Å². The summed E-state index contributed by atoms with van der Waals surface area (Å²) < 4.78 is 5.15. The number of aliphatic hydroxyl groups is 1. The number of rotatable bonds is 6. The van der Waals surface area contributed by atoms with Crippen molar-refractivity contribution in [2.24, 2.45) is 5.92 Å². The summed E-state index contributed by atoms with van der Waals surface area (Å²) in [6, 6.07) is 5.33. The summed E-state index contributed by atoms with van der Waals surface area (Å²) in [5, 5.41) is 22.3. The Balaban J connectivity index is 2.80. The summed E-state index contributed by atoms with van der Waals surface area (Å²) in [6.45, 7) is 6.13. The average Bonchev–Trinajstić information content (AvgIpc) is 2.38. The zero-order valence-electron chi connectivity index (χ0n) is 11.5. The fourth-order valence-corrected chi connectivity index (χ4v) is 1.81. The van der Waals surface area contributed by atoms with E-state index in [4.69, 9.17) is 9.84 Å². The molecule has 1 aromatic carbocycles. The van der Waals surface area contributed by atoms with Crippen LogP contribution in [0.1, 0.15) is 32.4 Å². The zero-order valence-corrected chi connectivity index (χ0v) is 11.5. The molecule has 1 aromatic rings. The maximum absolute atomic E-state index is 9.86. The number of phenolic OH excluding ortho intramolecular Hbond substituents is 1. The third-order valence-electron chi connectivity index (χ3n) is 3.36.